The fourth-order valence-corrected chi connectivity index (χ4v) is 2.66. The molecule has 1 aromatic heterocycles. The van der Waals surface area contributed by atoms with Crippen molar-refractivity contribution in [2.75, 3.05) is 5.43 Å². The highest BCUT2D eigenvalue weighted by molar-refractivity contribution is 5.94. The fraction of sp³-hybridized carbons (Fsp3) is 0.500. The number of amides is 1. The minimum absolute atomic E-state index is 0.104. The van der Waals surface area contributed by atoms with E-state index in [1.807, 2.05) is 0 Å². The molecule has 6 nitrogen and oxygen atoms in total. The minimum atomic E-state index is -0.104. The molecule has 18 heavy (non-hydrogen) atoms. The first-order valence-corrected chi connectivity index (χ1v) is 6.15. The molecule has 6 heteroatoms. The summed E-state index contributed by atoms with van der Waals surface area (Å²) in [7, 11) is 0. The molecule has 2 aliphatic rings. The molecule has 0 saturated carbocycles. The molecule has 2 fully saturated rings. The minimum Gasteiger partial charge on any atom is -0.373 e. The smallest absolute Gasteiger partial charge is 0.253 e. The van der Waals surface area contributed by atoms with Gasteiger partial charge in [-0.1, -0.05) is 0 Å². The first kappa shape index (κ1) is 11.4. The number of nitrogens with zero attached hydrogens (tertiary/aromatic N) is 1. The number of hydrogen-bond acceptors (Lipinski definition) is 5. The number of ether oxygens (including phenoxy) is 1. The van der Waals surface area contributed by atoms with Crippen molar-refractivity contribution in [2.45, 2.75) is 37.5 Å². The zero-order valence-electron chi connectivity index (χ0n) is 9.93. The summed E-state index contributed by atoms with van der Waals surface area (Å²) in [5, 5.41) is 3.01. The van der Waals surface area contributed by atoms with Gasteiger partial charge in [-0.2, -0.15) is 0 Å². The summed E-state index contributed by atoms with van der Waals surface area (Å²) in [6.45, 7) is 0. The molecular weight excluding hydrogens is 232 g/mol. The van der Waals surface area contributed by atoms with Crippen molar-refractivity contribution in [3.05, 3.63) is 23.9 Å². The highest BCUT2D eigenvalue weighted by Crippen LogP contribution is 2.34. The summed E-state index contributed by atoms with van der Waals surface area (Å²) in [6, 6.07) is 3.52. The van der Waals surface area contributed by atoms with E-state index in [1.165, 1.54) is 6.20 Å². The van der Waals surface area contributed by atoms with Crippen LogP contribution in [0.4, 0.5) is 5.82 Å². The highest BCUT2D eigenvalue weighted by Gasteiger charge is 2.41. The SMILES string of the molecule is NNc1ccc(C(=O)NC2CC3CCC2O3)cn1. The first-order chi connectivity index (χ1) is 8.76. The lowest BCUT2D eigenvalue weighted by Gasteiger charge is -2.19. The standard InChI is InChI=1S/C12H16N4O2/c13-16-11-4-1-7(6-14-11)12(17)15-9-5-8-2-3-10(9)18-8/h1,4,6,8-10H,2-3,5,13H2,(H,14,16)(H,15,17). The zero-order valence-corrected chi connectivity index (χ0v) is 9.93. The molecule has 3 atom stereocenters. The molecule has 0 aromatic carbocycles. The normalized spacial score (nSPS) is 29.3. The molecule has 2 bridgehead atoms. The second-order valence-electron chi connectivity index (χ2n) is 4.77. The van der Waals surface area contributed by atoms with E-state index in [2.05, 4.69) is 15.7 Å². The van der Waals surface area contributed by atoms with Crippen LogP contribution in [0.5, 0.6) is 0 Å². The number of carbonyl (C=O) groups excluding carboxylic acids is 1. The lowest BCUT2D eigenvalue weighted by molar-refractivity contribution is 0.0840. The van der Waals surface area contributed by atoms with Gasteiger partial charge in [0.2, 0.25) is 0 Å². The number of hydrazine groups is 1. The molecule has 3 heterocycles. The van der Waals surface area contributed by atoms with Gasteiger partial charge in [-0.15, -0.1) is 0 Å². The average Bonchev–Trinajstić information content (AvgIpc) is 3.01. The lowest BCUT2D eigenvalue weighted by atomic mass is 9.95. The monoisotopic (exact) mass is 248 g/mol. The van der Waals surface area contributed by atoms with Crippen molar-refractivity contribution in [3.8, 4) is 0 Å². The Morgan fingerprint density at radius 2 is 2.33 bits per heavy atom. The van der Waals surface area contributed by atoms with E-state index in [0.29, 0.717) is 17.5 Å². The Bertz CT molecular complexity index is 448. The van der Waals surface area contributed by atoms with Crippen LogP contribution >= 0.6 is 0 Å². The number of nitrogen functional groups attached to an aromatic ring is 1. The summed E-state index contributed by atoms with van der Waals surface area (Å²) < 4.78 is 5.70. The third-order valence-electron chi connectivity index (χ3n) is 3.60. The maximum absolute atomic E-state index is 12.0. The molecule has 3 unspecified atom stereocenters. The van der Waals surface area contributed by atoms with Crippen molar-refractivity contribution in [2.24, 2.45) is 5.84 Å². The van der Waals surface area contributed by atoms with Gasteiger partial charge in [-0.25, -0.2) is 10.8 Å². The van der Waals surface area contributed by atoms with Crippen LogP contribution in [-0.4, -0.2) is 29.1 Å². The summed E-state index contributed by atoms with van der Waals surface area (Å²) in [5.74, 6) is 5.65. The van der Waals surface area contributed by atoms with Crippen LogP contribution in [0.15, 0.2) is 18.3 Å². The Labute approximate surface area is 105 Å². The van der Waals surface area contributed by atoms with E-state index >= 15 is 0 Å². The molecule has 4 N–H and O–H groups in total. The van der Waals surface area contributed by atoms with Crippen molar-refractivity contribution < 1.29 is 9.53 Å². The third kappa shape index (κ3) is 2.04. The van der Waals surface area contributed by atoms with Gasteiger partial charge in [0.25, 0.3) is 5.91 Å². The average molecular weight is 248 g/mol. The number of pyridine rings is 1. The topological polar surface area (TPSA) is 89.3 Å². The van der Waals surface area contributed by atoms with Gasteiger partial charge in [0.15, 0.2) is 0 Å². The molecule has 2 saturated heterocycles. The van der Waals surface area contributed by atoms with Gasteiger partial charge in [0.05, 0.1) is 23.8 Å². The van der Waals surface area contributed by atoms with Crippen molar-refractivity contribution in [3.63, 3.8) is 0 Å². The number of anilines is 1. The van der Waals surface area contributed by atoms with Crippen LogP contribution < -0.4 is 16.6 Å². The molecule has 0 radical (unpaired) electrons. The molecule has 2 aliphatic heterocycles. The molecule has 96 valence electrons. The second kappa shape index (κ2) is 4.55. The Kier molecular flexibility index (Phi) is 2.89. The van der Waals surface area contributed by atoms with Crippen LogP contribution in [0.2, 0.25) is 0 Å². The predicted octanol–water partition coefficient (Wildman–Crippen LogP) is 0.417. The van der Waals surface area contributed by atoms with Gasteiger partial charge in [0.1, 0.15) is 5.82 Å². The Morgan fingerprint density at radius 3 is 2.89 bits per heavy atom. The summed E-state index contributed by atoms with van der Waals surface area (Å²) in [4.78, 5) is 16.0. The molecule has 3 rings (SSSR count). The number of fused-ring (bicyclic) bond motifs is 2. The second-order valence-corrected chi connectivity index (χ2v) is 4.77. The largest absolute Gasteiger partial charge is 0.373 e. The maximum atomic E-state index is 12.0. The van der Waals surface area contributed by atoms with Crippen LogP contribution in [0, 0.1) is 0 Å². The number of nitrogens with two attached hydrogens (primary N) is 1. The van der Waals surface area contributed by atoms with Gasteiger partial charge >= 0.3 is 0 Å². The molecule has 0 spiro atoms. The van der Waals surface area contributed by atoms with Crippen molar-refractivity contribution in [1.29, 1.82) is 0 Å². The molecule has 1 aromatic rings. The maximum Gasteiger partial charge on any atom is 0.253 e. The van der Waals surface area contributed by atoms with Crippen molar-refractivity contribution >= 4 is 11.7 Å². The zero-order chi connectivity index (χ0) is 12.5. The number of aromatic nitrogens is 1. The highest BCUT2D eigenvalue weighted by atomic mass is 16.5. The van der Waals surface area contributed by atoms with E-state index in [-0.39, 0.29) is 18.1 Å². The van der Waals surface area contributed by atoms with E-state index in [1.54, 1.807) is 12.1 Å². The van der Waals surface area contributed by atoms with E-state index in [9.17, 15) is 4.79 Å². The molecular formula is C12H16N4O2. The van der Waals surface area contributed by atoms with Crippen LogP contribution in [0.1, 0.15) is 29.6 Å². The van der Waals surface area contributed by atoms with E-state index in [4.69, 9.17) is 10.6 Å². The predicted molar refractivity (Wildman–Crippen MR) is 65.8 cm³/mol. The summed E-state index contributed by atoms with van der Waals surface area (Å²) >= 11 is 0. The molecule has 1 amide bonds. The van der Waals surface area contributed by atoms with Gasteiger partial charge in [-0.05, 0) is 31.4 Å². The Hall–Kier alpha value is -1.66. The van der Waals surface area contributed by atoms with Gasteiger partial charge < -0.3 is 15.5 Å². The van der Waals surface area contributed by atoms with Crippen LogP contribution in [0.3, 0.4) is 0 Å². The van der Waals surface area contributed by atoms with Gasteiger partial charge in [-0.3, -0.25) is 4.79 Å². The van der Waals surface area contributed by atoms with Crippen LogP contribution in [0.25, 0.3) is 0 Å². The number of carbonyl (C=O) groups is 1. The Morgan fingerprint density at radius 1 is 1.44 bits per heavy atom. The van der Waals surface area contributed by atoms with Crippen LogP contribution in [-0.2, 0) is 4.74 Å². The van der Waals surface area contributed by atoms with E-state index in [0.717, 1.165) is 19.3 Å². The fourth-order valence-electron chi connectivity index (χ4n) is 2.66. The number of hydrogen-bond donors (Lipinski definition) is 3. The first-order valence-electron chi connectivity index (χ1n) is 6.15. The van der Waals surface area contributed by atoms with Crippen molar-refractivity contribution in [1.82, 2.24) is 10.3 Å². The van der Waals surface area contributed by atoms with Gasteiger partial charge in [0, 0.05) is 6.20 Å². The number of nitrogens with one attached hydrogen (secondary N) is 2. The Balaban J connectivity index is 1.64. The molecule has 0 aliphatic carbocycles. The third-order valence-corrected chi connectivity index (χ3v) is 3.60. The summed E-state index contributed by atoms with van der Waals surface area (Å²) in [6.07, 6.45) is 5.13. The van der Waals surface area contributed by atoms with E-state index < -0.39 is 0 Å². The summed E-state index contributed by atoms with van der Waals surface area (Å²) in [5.41, 5.74) is 2.96. The number of rotatable bonds is 3. The lowest BCUT2D eigenvalue weighted by Crippen LogP contribution is -2.41. The quantitative estimate of drug-likeness (QED) is 0.533.